The summed E-state index contributed by atoms with van der Waals surface area (Å²) in [6, 6.07) is 0. The van der Waals surface area contributed by atoms with Crippen LogP contribution in [0.4, 0.5) is 0 Å². The Labute approximate surface area is 134 Å². The normalized spacial score (nSPS) is 9.25. The molecule has 1 aliphatic rings. The fourth-order valence-corrected chi connectivity index (χ4v) is 0.340. The van der Waals surface area contributed by atoms with Crippen molar-refractivity contribution in [1.82, 2.24) is 0 Å². The Kier molecular flexibility index (Phi) is 67.9. The summed E-state index contributed by atoms with van der Waals surface area (Å²) in [5, 5.41) is 0. The van der Waals surface area contributed by atoms with Gasteiger partial charge in [-0.15, -0.1) is 6.42 Å². The summed E-state index contributed by atoms with van der Waals surface area (Å²) < 4.78 is 0. The Hall–Kier alpha value is 0.930. The zero-order chi connectivity index (χ0) is 10.4. The topological polar surface area (TPSA) is 0 Å². The third-order valence-corrected chi connectivity index (χ3v) is 1.29. The van der Waals surface area contributed by atoms with Crippen molar-refractivity contribution in [3.8, 4) is 0 Å². The third kappa shape index (κ3) is 46.1. The van der Waals surface area contributed by atoms with Crippen molar-refractivity contribution in [1.29, 1.82) is 0 Å². The van der Waals surface area contributed by atoms with Crippen LogP contribution in [0.25, 0.3) is 0 Å². The number of hydrogen-bond donors (Lipinski definition) is 0. The molecule has 0 saturated carbocycles. The van der Waals surface area contributed by atoms with E-state index in [0.29, 0.717) is 0 Å². The van der Waals surface area contributed by atoms with E-state index in [4.69, 9.17) is 0 Å². The summed E-state index contributed by atoms with van der Waals surface area (Å²) >= 11 is 0. The average molecular weight is 429 g/mol. The van der Waals surface area contributed by atoms with Gasteiger partial charge in [0.15, 0.2) is 0 Å². The first-order chi connectivity index (χ1) is 6.33. The van der Waals surface area contributed by atoms with E-state index in [1.54, 1.807) is 0 Å². The maximum Gasteiger partial charge on any atom is 0 e. The molecular weight excluding hydrogens is 406 g/mol. The molecule has 0 nitrogen and oxygen atoms in total. The summed E-state index contributed by atoms with van der Waals surface area (Å²) in [6.45, 7) is 11.4. The second-order valence-corrected chi connectivity index (χ2v) is 2.71. The van der Waals surface area contributed by atoms with Crippen LogP contribution in [0.2, 0.25) is 0 Å². The Morgan fingerprint density at radius 3 is 1.50 bits per heavy atom. The van der Waals surface area contributed by atoms with Crippen molar-refractivity contribution in [3.63, 3.8) is 0 Å². The molecule has 0 radical (unpaired) electrons. The van der Waals surface area contributed by atoms with E-state index < -0.39 is 0 Å². The fourth-order valence-electron chi connectivity index (χ4n) is 0.340. The minimum absolute atomic E-state index is 0. The van der Waals surface area contributed by atoms with Gasteiger partial charge in [-0.25, -0.2) is 12.2 Å². The van der Waals surface area contributed by atoms with Gasteiger partial charge in [-0.1, -0.05) is 26.7 Å². The Balaban J connectivity index is -0.0000000350. The van der Waals surface area contributed by atoms with Crippen LogP contribution in [-0.4, -0.2) is 0 Å². The van der Waals surface area contributed by atoms with Gasteiger partial charge < -0.3 is 38.7 Å². The van der Waals surface area contributed by atoms with Gasteiger partial charge in [0.2, 0.25) is 0 Å². The van der Waals surface area contributed by atoms with E-state index in [0.717, 1.165) is 19.3 Å². The molecule has 16 heavy (non-hydrogen) atoms. The largest absolute Gasteiger partial charge is 1.00 e. The number of halogens is 2. The molecule has 98 valence electrons. The molecule has 1 aliphatic carbocycles. The number of unbranched alkanes of at least 4 members (excludes halogenated alkanes) is 2. The Morgan fingerprint density at radius 2 is 1.44 bits per heavy atom. The van der Waals surface area contributed by atoms with Crippen LogP contribution in [0, 0.1) is 19.9 Å². The number of hydrogen-bond acceptors (Lipinski definition) is 0. The van der Waals surface area contributed by atoms with Gasteiger partial charge in [0.05, 0.1) is 0 Å². The summed E-state index contributed by atoms with van der Waals surface area (Å²) in [5.74, 6) is 0. The molecular formula is C13H23Cl2Hf-5. The zero-order valence-corrected chi connectivity index (χ0v) is 15.5. The van der Waals surface area contributed by atoms with Crippen LogP contribution in [0.5, 0.6) is 0 Å². The van der Waals surface area contributed by atoms with E-state index in [2.05, 4.69) is 39.8 Å². The summed E-state index contributed by atoms with van der Waals surface area (Å²) in [7, 11) is 0. The fraction of sp³-hybridized carbons (Fsp3) is 0.538. The molecule has 0 amide bonds. The molecule has 0 bridgehead atoms. The van der Waals surface area contributed by atoms with E-state index >= 15 is 0 Å². The third-order valence-electron chi connectivity index (χ3n) is 1.29. The molecule has 0 N–H and O–H groups in total. The van der Waals surface area contributed by atoms with Gasteiger partial charge in [0.1, 0.15) is 0 Å². The zero-order valence-electron chi connectivity index (χ0n) is 10.4. The Bertz CT molecular complexity index is 105. The quantitative estimate of drug-likeness (QED) is 0.373. The van der Waals surface area contributed by atoms with Crippen LogP contribution in [0.15, 0.2) is 18.2 Å². The molecule has 3 heteroatoms. The van der Waals surface area contributed by atoms with Gasteiger partial charge in [0.25, 0.3) is 0 Å². The van der Waals surface area contributed by atoms with Crippen molar-refractivity contribution in [3.05, 3.63) is 38.2 Å². The van der Waals surface area contributed by atoms with Crippen molar-refractivity contribution >= 4 is 0 Å². The maximum atomic E-state index is 3.60. The minimum Gasteiger partial charge on any atom is -1.00 e. The monoisotopic (exact) mass is 429 g/mol. The first-order valence-electron chi connectivity index (χ1n) is 5.13. The molecule has 0 aromatic rings. The minimum atomic E-state index is 0. The molecule has 0 atom stereocenters. The van der Waals surface area contributed by atoms with Gasteiger partial charge in [-0.2, -0.15) is 18.9 Å². The summed E-state index contributed by atoms with van der Waals surface area (Å²) in [6.07, 6.45) is 14.6. The van der Waals surface area contributed by atoms with Crippen molar-refractivity contribution in [2.45, 2.75) is 46.0 Å². The maximum absolute atomic E-state index is 3.60. The van der Waals surface area contributed by atoms with E-state index in [9.17, 15) is 0 Å². The predicted octanol–water partition coefficient (Wildman–Crippen LogP) is -1.45. The van der Waals surface area contributed by atoms with Gasteiger partial charge in [-0.05, 0) is 0 Å². The molecule has 0 aromatic carbocycles. The van der Waals surface area contributed by atoms with Gasteiger partial charge >= 0.3 is 0 Å². The van der Waals surface area contributed by atoms with Gasteiger partial charge in [0, 0.05) is 25.8 Å². The molecule has 0 spiro atoms. The molecule has 0 fully saturated rings. The molecule has 0 heterocycles. The van der Waals surface area contributed by atoms with Crippen molar-refractivity contribution < 1.29 is 50.7 Å². The van der Waals surface area contributed by atoms with Gasteiger partial charge in [-0.3, -0.25) is 6.08 Å². The number of rotatable bonds is 2. The van der Waals surface area contributed by atoms with Crippen LogP contribution in [0.1, 0.15) is 46.0 Å². The van der Waals surface area contributed by atoms with Crippen molar-refractivity contribution in [2.75, 3.05) is 0 Å². The smallest absolute Gasteiger partial charge is 0 e. The molecule has 0 unspecified atom stereocenters. The summed E-state index contributed by atoms with van der Waals surface area (Å²) in [5.41, 5.74) is 0. The van der Waals surface area contributed by atoms with Crippen LogP contribution < -0.4 is 24.8 Å². The summed E-state index contributed by atoms with van der Waals surface area (Å²) in [4.78, 5) is 0. The van der Waals surface area contributed by atoms with E-state index in [1.807, 2.05) is 12.2 Å². The average Bonchev–Trinajstić information content (AvgIpc) is 2.76. The number of allylic oxidation sites excluding steroid dienone is 4. The second-order valence-electron chi connectivity index (χ2n) is 2.71. The van der Waals surface area contributed by atoms with Crippen LogP contribution in [0.3, 0.4) is 0 Å². The first kappa shape index (κ1) is 30.2. The Morgan fingerprint density at radius 1 is 1.06 bits per heavy atom. The standard InChI is InChI=1S/C5H5.2C4H9.2ClH.Hf/c1-2-4-5-3-1;2*1-3-4-2;;;/h1-3H,4H2;2*1,3-4H2,2H3;2*1H;/q3*-1;;;/p-2. The molecule has 1 rings (SSSR count). The molecule has 0 saturated heterocycles. The predicted molar refractivity (Wildman–Crippen MR) is 62.1 cm³/mol. The molecule has 0 aromatic heterocycles. The van der Waals surface area contributed by atoms with Crippen molar-refractivity contribution in [2.24, 2.45) is 0 Å². The SMILES string of the molecule is [C-]1=CC=CC1.[CH2-]CCC.[CH2-]CCC.[Cl-].[Cl-].[Hf]. The molecule has 0 aliphatic heterocycles. The van der Waals surface area contributed by atoms with Crippen LogP contribution in [-0.2, 0) is 25.8 Å². The van der Waals surface area contributed by atoms with E-state index in [1.165, 1.54) is 12.8 Å². The van der Waals surface area contributed by atoms with Crippen LogP contribution >= 0.6 is 0 Å². The first-order valence-corrected chi connectivity index (χ1v) is 5.13. The van der Waals surface area contributed by atoms with E-state index in [-0.39, 0.29) is 50.7 Å². The second kappa shape index (κ2) is 36.0.